The summed E-state index contributed by atoms with van der Waals surface area (Å²) in [7, 11) is 2.10. The molecule has 0 aromatic heterocycles. The predicted octanol–water partition coefficient (Wildman–Crippen LogP) is 1.14. The molecule has 0 spiro atoms. The van der Waals surface area contributed by atoms with Gasteiger partial charge in [0.15, 0.2) is 0 Å². The number of piperidine rings is 1. The molecule has 76 valence electrons. The van der Waals surface area contributed by atoms with E-state index in [2.05, 4.69) is 18.9 Å². The van der Waals surface area contributed by atoms with E-state index in [1.54, 1.807) is 0 Å². The third kappa shape index (κ3) is 2.69. The number of hydrogen-bond acceptors (Lipinski definition) is 3. The highest BCUT2D eigenvalue weighted by molar-refractivity contribution is 5.72. The second-order valence-electron chi connectivity index (χ2n) is 3.89. The number of esters is 1. The lowest BCUT2D eigenvalue weighted by Crippen LogP contribution is -2.40. The minimum absolute atomic E-state index is 0.0110. The molecule has 1 heterocycles. The zero-order valence-electron chi connectivity index (χ0n) is 8.75. The van der Waals surface area contributed by atoms with E-state index in [4.69, 9.17) is 4.74 Å². The highest BCUT2D eigenvalue weighted by Crippen LogP contribution is 2.23. The van der Waals surface area contributed by atoms with Crippen molar-refractivity contribution in [3.05, 3.63) is 0 Å². The fraction of sp³-hybridized carbons (Fsp3) is 0.900. The Labute approximate surface area is 80.1 Å². The number of carbonyl (C=O) groups is 1. The Morgan fingerprint density at radius 2 is 2.31 bits per heavy atom. The van der Waals surface area contributed by atoms with Gasteiger partial charge in [0.05, 0.1) is 12.5 Å². The molecule has 0 radical (unpaired) electrons. The molecular weight excluding hydrogens is 166 g/mol. The molecule has 3 nitrogen and oxygen atoms in total. The number of likely N-dealkylation sites (tertiary alicyclic amines) is 1. The Hall–Kier alpha value is -0.570. The van der Waals surface area contributed by atoms with Crippen molar-refractivity contribution >= 4 is 5.97 Å². The van der Waals surface area contributed by atoms with Crippen LogP contribution in [0.4, 0.5) is 0 Å². The van der Waals surface area contributed by atoms with Gasteiger partial charge in [0.25, 0.3) is 0 Å². The van der Waals surface area contributed by atoms with Crippen molar-refractivity contribution in [2.75, 3.05) is 26.7 Å². The highest BCUT2D eigenvalue weighted by Gasteiger charge is 2.30. The van der Waals surface area contributed by atoms with Crippen molar-refractivity contribution < 1.29 is 9.53 Å². The number of carbonyl (C=O) groups excluding carboxylic acids is 1. The first kappa shape index (κ1) is 10.5. The first-order chi connectivity index (χ1) is 6.15. The third-order valence-electron chi connectivity index (χ3n) is 2.70. The average molecular weight is 185 g/mol. The van der Waals surface area contributed by atoms with Crippen LogP contribution in [-0.2, 0) is 9.53 Å². The summed E-state index contributed by atoms with van der Waals surface area (Å²) in [6.07, 6.45) is 0.941. The molecule has 0 amide bonds. The van der Waals surface area contributed by atoms with Gasteiger partial charge in [0, 0.05) is 6.54 Å². The predicted molar refractivity (Wildman–Crippen MR) is 51.4 cm³/mol. The highest BCUT2D eigenvalue weighted by atomic mass is 16.5. The molecule has 0 bridgehead atoms. The van der Waals surface area contributed by atoms with Gasteiger partial charge in [0.1, 0.15) is 0 Å². The summed E-state index contributed by atoms with van der Waals surface area (Å²) >= 11 is 0. The van der Waals surface area contributed by atoms with Crippen LogP contribution in [0.1, 0.15) is 20.3 Å². The first-order valence-corrected chi connectivity index (χ1v) is 5.00. The average Bonchev–Trinajstić information content (AvgIpc) is 2.04. The number of hydrogen-bond donors (Lipinski definition) is 0. The fourth-order valence-corrected chi connectivity index (χ4v) is 1.95. The molecular formula is C10H19NO2. The van der Waals surface area contributed by atoms with E-state index >= 15 is 0 Å². The third-order valence-corrected chi connectivity index (χ3v) is 2.70. The van der Waals surface area contributed by atoms with Crippen molar-refractivity contribution in [2.45, 2.75) is 20.3 Å². The molecule has 13 heavy (non-hydrogen) atoms. The quantitative estimate of drug-likeness (QED) is 0.604. The largest absolute Gasteiger partial charge is 0.466 e. The smallest absolute Gasteiger partial charge is 0.309 e. The molecule has 0 aromatic carbocycles. The lowest BCUT2D eigenvalue weighted by molar-refractivity contribution is -0.151. The maximum Gasteiger partial charge on any atom is 0.309 e. The van der Waals surface area contributed by atoms with Crippen LogP contribution in [-0.4, -0.2) is 37.6 Å². The number of rotatable bonds is 2. The van der Waals surface area contributed by atoms with E-state index < -0.39 is 0 Å². The molecule has 0 N–H and O–H groups in total. The van der Waals surface area contributed by atoms with Crippen LogP contribution in [0.5, 0.6) is 0 Å². The maximum absolute atomic E-state index is 11.5. The Balaban J connectivity index is 2.45. The fourth-order valence-electron chi connectivity index (χ4n) is 1.95. The van der Waals surface area contributed by atoms with Crippen LogP contribution >= 0.6 is 0 Å². The van der Waals surface area contributed by atoms with Gasteiger partial charge in [-0.05, 0) is 32.9 Å². The van der Waals surface area contributed by atoms with Gasteiger partial charge in [-0.2, -0.15) is 0 Å². The summed E-state index contributed by atoms with van der Waals surface area (Å²) in [5.41, 5.74) is 0. The van der Waals surface area contributed by atoms with Gasteiger partial charge in [0.2, 0.25) is 0 Å². The Morgan fingerprint density at radius 3 is 2.85 bits per heavy atom. The van der Waals surface area contributed by atoms with Crippen LogP contribution in [0.15, 0.2) is 0 Å². The van der Waals surface area contributed by atoms with E-state index in [0.29, 0.717) is 12.5 Å². The van der Waals surface area contributed by atoms with Crippen LogP contribution in [0, 0.1) is 11.8 Å². The van der Waals surface area contributed by atoms with Gasteiger partial charge < -0.3 is 9.64 Å². The summed E-state index contributed by atoms with van der Waals surface area (Å²) in [5.74, 6) is 0.539. The van der Waals surface area contributed by atoms with Crippen molar-refractivity contribution in [2.24, 2.45) is 11.8 Å². The summed E-state index contributed by atoms with van der Waals surface area (Å²) in [4.78, 5) is 13.7. The van der Waals surface area contributed by atoms with Crippen molar-refractivity contribution in [1.82, 2.24) is 4.90 Å². The van der Waals surface area contributed by atoms with E-state index in [9.17, 15) is 4.79 Å². The first-order valence-electron chi connectivity index (χ1n) is 5.00. The van der Waals surface area contributed by atoms with Crippen LogP contribution in [0.25, 0.3) is 0 Å². The van der Waals surface area contributed by atoms with Gasteiger partial charge in [-0.15, -0.1) is 0 Å². The molecule has 0 aromatic rings. The molecule has 2 atom stereocenters. The molecule has 3 heteroatoms. The molecule has 1 fully saturated rings. The van der Waals surface area contributed by atoms with E-state index in [-0.39, 0.29) is 11.9 Å². The van der Waals surface area contributed by atoms with Gasteiger partial charge in [-0.25, -0.2) is 0 Å². The van der Waals surface area contributed by atoms with Gasteiger partial charge in [-0.3, -0.25) is 4.79 Å². The van der Waals surface area contributed by atoms with Crippen molar-refractivity contribution in [3.63, 3.8) is 0 Å². The zero-order chi connectivity index (χ0) is 9.84. The molecule has 0 saturated carbocycles. The SMILES string of the molecule is CCOC(=O)C1CCN(C)C[C@@H]1C. The molecule has 1 rings (SSSR count). The number of nitrogens with zero attached hydrogens (tertiary/aromatic N) is 1. The van der Waals surface area contributed by atoms with Crippen molar-refractivity contribution in [3.8, 4) is 0 Å². The normalized spacial score (nSPS) is 30.1. The van der Waals surface area contributed by atoms with E-state index in [1.165, 1.54) is 0 Å². The Kier molecular flexibility index (Phi) is 3.72. The second-order valence-corrected chi connectivity index (χ2v) is 3.89. The summed E-state index contributed by atoms with van der Waals surface area (Å²) in [6.45, 7) is 6.49. The Morgan fingerprint density at radius 1 is 1.62 bits per heavy atom. The number of ether oxygens (including phenoxy) is 1. The molecule has 0 aliphatic carbocycles. The van der Waals surface area contributed by atoms with Crippen LogP contribution < -0.4 is 0 Å². The minimum Gasteiger partial charge on any atom is -0.466 e. The summed E-state index contributed by atoms with van der Waals surface area (Å²) in [6, 6.07) is 0. The molecule has 1 unspecified atom stereocenters. The van der Waals surface area contributed by atoms with E-state index in [0.717, 1.165) is 19.5 Å². The monoisotopic (exact) mass is 185 g/mol. The maximum atomic E-state index is 11.5. The molecule has 1 aliphatic heterocycles. The van der Waals surface area contributed by atoms with Gasteiger partial charge >= 0.3 is 5.97 Å². The summed E-state index contributed by atoms with van der Waals surface area (Å²) < 4.78 is 5.03. The Bertz CT molecular complexity index is 182. The van der Waals surface area contributed by atoms with Gasteiger partial charge in [-0.1, -0.05) is 6.92 Å². The minimum atomic E-state index is -0.0110. The van der Waals surface area contributed by atoms with Crippen molar-refractivity contribution in [1.29, 1.82) is 0 Å². The second kappa shape index (κ2) is 4.61. The zero-order valence-corrected chi connectivity index (χ0v) is 8.75. The standard InChI is InChI=1S/C10H19NO2/c1-4-13-10(12)9-5-6-11(3)7-8(9)2/h8-9H,4-7H2,1-3H3/t8-,9?/m0/s1. The lowest BCUT2D eigenvalue weighted by Gasteiger charge is -2.33. The van der Waals surface area contributed by atoms with Crippen LogP contribution in [0.3, 0.4) is 0 Å². The topological polar surface area (TPSA) is 29.5 Å². The van der Waals surface area contributed by atoms with E-state index in [1.807, 2.05) is 6.92 Å². The lowest BCUT2D eigenvalue weighted by atomic mass is 9.87. The molecule has 1 saturated heterocycles. The summed E-state index contributed by atoms with van der Waals surface area (Å²) in [5, 5.41) is 0. The van der Waals surface area contributed by atoms with Crippen LogP contribution in [0.2, 0.25) is 0 Å². The molecule has 1 aliphatic rings.